The second kappa shape index (κ2) is 4.80. The van der Waals surface area contributed by atoms with Gasteiger partial charge in [0.2, 0.25) is 0 Å². The van der Waals surface area contributed by atoms with Gasteiger partial charge in [0.1, 0.15) is 11.2 Å². The molecule has 6 heteroatoms. The Bertz CT molecular complexity index is 837. The first-order valence-electron chi connectivity index (χ1n) is 6.96. The van der Waals surface area contributed by atoms with Gasteiger partial charge in [-0.1, -0.05) is 6.07 Å². The highest BCUT2D eigenvalue weighted by atomic mass is 32.1. The van der Waals surface area contributed by atoms with Gasteiger partial charge >= 0.3 is 0 Å². The summed E-state index contributed by atoms with van der Waals surface area (Å²) in [7, 11) is 0. The van der Waals surface area contributed by atoms with Gasteiger partial charge < -0.3 is 0 Å². The Kier molecular flexibility index (Phi) is 3.20. The molecule has 3 aromatic rings. The summed E-state index contributed by atoms with van der Waals surface area (Å²) in [6.07, 6.45) is 1.75. The average molecular weight is 302 g/mol. The maximum atomic E-state index is 12.7. The van der Waals surface area contributed by atoms with Gasteiger partial charge in [-0.2, -0.15) is 10.2 Å². The van der Waals surface area contributed by atoms with Crippen LogP contribution in [-0.4, -0.2) is 19.6 Å². The van der Waals surface area contributed by atoms with E-state index in [1.807, 2.05) is 45.2 Å². The second-order valence-corrected chi connectivity index (χ2v) is 6.88. The highest BCUT2D eigenvalue weighted by Crippen LogP contribution is 2.29. The monoisotopic (exact) mass is 302 g/mol. The molecule has 0 saturated carbocycles. The molecule has 0 radical (unpaired) electrons. The molecule has 0 fully saturated rings. The van der Waals surface area contributed by atoms with Crippen molar-refractivity contribution in [2.24, 2.45) is 0 Å². The van der Waals surface area contributed by atoms with Crippen LogP contribution in [0, 0.1) is 0 Å². The minimum absolute atomic E-state index is 0.0831. The van der Waals surface area contributed by atoms with E-state index in [1.54, 1.807) is 22.2 Å². The molecule has 5 nitrogen and oxygen atoms in total. The molecule has 0 aliphatic heterocycles. The molecular formula is C15H18N4OS. The van der Waals surface area contributed by atoms with Crippen molar-refractivity contribution in [2.45, 2.75) is 39.8 Å². The van der Waals surface area contributed by atoms with Crippen LogP contribution in [0.25, 0.3) is 21.5 Å². The zero-order chi connectivity index (χ0) is 15.2. The van der Waals surface area contributed by atoms with Crippen molar-refractivity contribution < 1.29 is 0 Å². The zero-order valence-corrected chi connectivity index (χ0v) is 13.4. The van der Waals surface area contributed by atoms with Crippen LogP contribution >= 0.6 is 11.3 Å². The van der Waals surface area contributed by atoms with E-state index >= 15 is 0 Å². The van der Waals surface area contributed by atoms with E-state index in [1.165, 1.54) is 4.68 Å². The normalized spacial score (nSPS) is 12.2. The molecular weight excluding hydrogens is 284 g/mol. The maximum absolute atomic E-state index is 12.7. The number of fused-ring (bicyclic) bond motifs is 1. The summed E-state index contributed by atoms with van der Waals surface area (Å²) in [5.74, 6) is 0. The summed E-state index contributed by atoms with van der Waals surface area (Å²) in [6, 6.07) is 4.01. The lowest BCUT2D eigenvalue weighted by Crippen LogP contribution is -2.30. The van der Waals surface area contributed by atoms with Gasteiger partial charge in [0.05, 0.1) is 22.0 Å². The van der Waals surface area contributed by atoms with Crippen LogP contribution in [0.1, 0.15) is 27.7 Å². The first-order chi connectivity index (χ1) is 9.93. The van der Waals surface area contributed by atoms with Crippen molar-refractivity contribution in [1.29, 1.82) is 0 Å². The molecule has 0 saturated heterocycles. The summed E-state index contributed by atoms with van der Waals surface area (Å²) < 4.78 is 3.32. The summed E-state index contributed by atoms with van der Waals surface area (Å²) in [4.78, 5) is 13.7. The lowest BCUT2D eigenvalue weighted by Gasteiger charge is -2.20. The van der Waals surface area contributed by atoms with E-state index in [0.29, 0.717) is 12.1 Å². The predicted molar refractivity (Wildman–Crippen MR) is 85.8 cm³/mol. The van der Waals surface area contributed by atoms with Gasteiger partial charge in [0.15, 0.2) is 0 Å². The SMILES string of the molecule is CCn1nc(-c2cccs2)c2cnn(C(C)(C)C)c2c1=O. The third kappa shape index (κ3) is 2.19. The van der Waals surface area contributed by atoms with Crippen molar-refractivity contribution in [3.8, 4) is 10.6 Å². The quantitative estimate of drug-likeness (QED) is 0.731. The molecule has 0 unspecified atom stereocenters. The van der Waals surface area contributed by atoms with E-state index < -0.39 is 0 Å². The fraction of sp³-hybridized carbons (Fsp3) is 0.400. The molecule has 3 rings (SSSR count). The van der Waals surface area contributed by atoms with Crippen molar-refractivity contribution in [3.63, 3.8) is 0 Å². The molecule has 110 valence electrons. The van der Waals surface area contributed by atoms with Gasteiger partial charge in [-0.05, 0) is 39.1 Å². The predicted octanol–water partition coefficient (Wildman–Crippen LogP) is 3.10. The van der Waals surface area contributed by atoms with Crippen LogP contribution in [0.3, 0.4) is 0 Å². The Labute approximate surface area is 126 Å². The number of hydrogen-bond acceptors (Lipinski definition) is 4. The van der Waals surface area contributed by atoms with E-state index in [9.17, 15) is 4.79 Å². The number of nitrogens with zero attached hydrogens (tertiary/aromatic N) is 4. The first kappa shape index (κ1) is 14.0. The lowest BCUT2D eigenvalue weighted by molar-refractivity contribution is 0.366. The third-order valence-corrected chi connectivity index (χ3v) is 4.25. The maximum Gasteiger partial charge on any atom is 0.292 e. The number of rotatable bonds is 2. The zero-order valence-electron chi connectivity index (χ0n) is 12.6. The first-order valence-corrected chi connectivity index (χ1v) is 7.84. The van der Waals surface area contributed by atoms with Crippen molar-refractivity contribution >= 4 is 22.2 Å². The molecule has 0 aliphatic carbocycles. The molecule has 21 heavy (non-hydrogen) atoms. The minimum atomic E-state index is -0.249. The standard InChI is InChI=1S/C15H18N4OS/c1-5-18-14(20)13-10(9-16-19(13)15(2,3)4)12(17-18)11-7-6-8-21-11/h6-9H,5H2,1-4H3. The van der Waals surface area contributed by atoms with Crippen LogP contribution in [-0.2, 0) is 12.1 Å². The van der Waals surface area contributed by atoms with E-state index in [-0.39, 0.29) is 11.1 Å². The third-order valence-electron chi connectivity index (χ3n) is 3.37. The topological polar surface area (TPSA) is 52.7 Å². The van der Waals surface area contributed by atoms with Crippen molar-refractivity contribution in [3.05, 3.63) is 34.1 Å². The van der Waals surface area contributed by atoms with Crippen molar-refractivity contribution in [1.82, 2.24) is 19.6 Å². The van der Waals surface area contributed by atoms with Crippen LogP contribution in [0.4, 0.5) is 0 Å². The Morgan fingerprint density at radius 3 is 2.67 bits per heavy atom. The summed E-state index contributed by atoms with van der Waals surface area (Å²) in [5.41, 5.74) is 1.13. The Morgan fingerprint density at radius 1 is 1.33 bits per heavy atom. The Hall–Kier alpha value is -1.95. The van der Waals surface area contributed by atoms with E-state index in [0.717, 1.165) is 16.0 Å². The highest BCUT2D eigenvalue weighted by Gasteiger charge is 2.23. The van der Waals surface area contributed by atoms with Crippen molar-refractivity contribution in [2.75, 3.05) is 0 Å². The molecule has 3 heterocycles. The van der Waals surface area contributed by atoms with Crippen LogP contribution in [0.5, 0.6) is 0 Å². The molecule has 3 aromatic heterocycles. The summed E-state index contributed by atoms with van der Waals surface area (Å²) in [5, 5.41) is 11.8. The fourth-order valence-corrected chi connectivity index (χ4v) is 3.11. The molecule has 0 N–H and O–H groups in total. The highest BCUT2D eigenvalue weighted by molar-refractivity contribution is 7.13. The van der Waals surface area contributed by atoms with Crippen LogP contribution < -0.4 is 5.56 Å². The minimum Gasteiger partial charge on any atom is -0.265 e. The lowest BCUT2D eigenvalue weighted by atomic mass is 10.1. The number of hydrogen-bond donors (Lipinski definition) is 0. The average Bonchev–Trinajstić information content (AvgIpc) is 3.07. The van der Waals surface area contributed by atoms with Gasteiger partial charge in [-0.3, -0.25) is 9.48 Å². The second-order valence-electron chi connectivity index (χ2n) is 5.94. The Morgan fingerprint density at radius 2 is 2.10 bits per heavy atom. The van der Waals surface area contributed by atoms with E-state index in [4.69, 9.17) is 0 Å². The fourth-order valence-electron chi connectivity index (χ4n) is 2.39. The molecule has 0 spiro atoms. The Balaban J connectivity index is 2.44. The van der Waals surface area contributed by atoms with Crippen LogP contribution in [0.2, 0.25) is 0 Å². The van der Waals surface area contributed by atoms with E-state index in [2.05, 4.69) is 10.2 Å². The number of aryl methyl sites for hydroxylation is 1. The molecule has 0 aromatic carbocycles. The molecule has 0 bridgehead atoms. The van der Waals surface area contributed by atoms with Crippen LogP contribution in [0.15, 0.2) is 28.5 Å². The number of aromatic nitrogens is 4. The largest absolute Gasteiger partial charge is 0.292 e. The smallest absolute Gasteiger partial charge is 0.265 e. The molecule has 0 aliphatic rings. The van der Waals surface area contributed by atoms with Gasteiger partial charge in [0.25, 0.3) is 5.56 Å². The molecule has 0 atom stereocenters. The molecule has 0 amide bonds. The van der Waals surface area contributed by atoms with Gasteiger partial charge in [0, 0.05) is 6.54 Å². The number of thiophene rings is 1. The van der Waals surface area contributed by atoms with Gasteiger partial charge in [-0.15, -0.1) is 11.3 Å². The summed E-state index contributed by atoms with van der Waals surface area (Å²) in [6.45, 7) is 8.60. The van der Waals surface area contributed by atoms with Gasteiger partial charge in [-0.25, -0.2) is 4.68 Å². The summed E-state index contributed by atoms with van der Waals surface area (Å²) >= 11 is 1.62.